The van der Waals surface area contributed by atoms with E-state index in [-0.39, 0.29) is 16.6 Å². The molecule has 1 aromatic carbocycles. The van der Waals surface area contributed by atoms with E-state index >= 15 is 0 Å². The molecule has 2 aromatic rings. The molecule has 0 saturated heterocycles. The maximum atomic E-state index is 12.3. The SMILES string of the molecule is CCCCCSc1nc(N)cc(OS(=O)(=O)c2ccc(C)cc2)n1. The molecule has 0 spiro atoms. The lowest BCUT2D eigenvalue weighted by atomic mass is 10.2. The highest BCUT2D eigenvalue weighted by Crippen LogP contribution is 2.23. The maximum absolute atomic E-state index is 12.3. The molecule has 2 N–H and O–H groups in total. The Morgan fingerprint density at radius 1 is 1.17 bits per heavy atom. The summed E-state index contributed by atoms with van der Waals surface area (Å²) in [7, 11) is -3.95. The zero-order chi connectivity index (χ0) is 17.6. The van der Waals surface area contributed by atoms with Crippen LogP contribution in [0.15, 0.2) is 40.4 Å². The van der Waals surface area contributed by atoms with Crippen molar-refractivity contribution in [2.45, 2.75) is 43.2 Å². The van der Waals surface area contributed by atoms with Gasteiger partial charge in [-0.05, 0) is 25.5 Å². The summed E-state index contributed by atoms with van der Waals surface area (Å²) < 4.78 is 29.7. The molecular weight excluding hydrogens is 346 g/mol. The molecule has 0 unspecified atom stereocenters. The molecule has 0 fully saturated rings. The fraction of sp³-hybridized carbons (Fsp3) is 0.375. The first kappa shape index (κ1) is 18.5. The summed E-state index contributed by atoms with van der Waals surface area (Å²) in [5.74, 6) is 0.958. The third kappa shape index (κ3) is 5.38. The first-order chi connectivity index (χ1) is 11.4. The first-order valence-electron chi connectivity index (χ1n) is 7.69. The molecule has 0 radical (unpaired) electrons. The van der Waals surface area contributed by atoms with Crippen LogP contribution in [0, 0.1) is 6.92 Å². The number of unbranched alkanes of at least 4 members (excludes halogenated alkanes) is 2. The standard InChI is InChI=1S/C16H21N3O3S2/c1-3-4-5-10-23-16-18-14(17)11-15(19-16)22-24(20,21)13-8-6-12(2)7-9-13/h6-9,11H,3-5,10H2,1-2H3,(H2,17,18,19). The van der Waals surface area contributed by atoms with Gasteiger partial charge in [-0.15, -0.1) is 0 Å². The van der Waals surface area contributed by atoms with Crippen LogP contribution in [0.2, 0.25) is 0 Å². The van der Waals surface area contributed by atoms with Crippen LogP contribution in [-0.2, 0) is 10.1 Å². The van der Waals surface area contributed by atoms with Crippen LogP contribution in [0.25, 0.3) is 0 Å². The number of nitrogens with two attached hydrogens (primary N) is 1. The highest BCUT2D eigenvalue weighted by Gasteiger charge is 2.18. The normalized spacial score (nSPS) is 11.4. The molecule has 2 rings (SSSR count). The lowest BCUT2D eigenvalue weighted by Crippen LogP contribution is -2.11. The highest BCUT2D eigenvalue weighted by atomic mass is 32.2. The molecule has 24 heavy (non-hydrogen) atoms. The van der Waals surface area contributed by atoms with E-state index in [2.05, 4.69) is 16.9 Å². The fourth-order valence-corrected chi connectivity index (χ4v) is 3.64. The molecule has 0 bridgehead atoms. The summed E-state index contributed by atoms with van der Waals surface area (Å²) in [5, 5.41) is 0.417. The van der Waals surface area contributed by atoms with E-state index < -0.39 is 10.1 Å². The van der Waals surface area contributed by atoms with E-state index in [1.807, 2.05) is 6.92 Å². The Kier molecular flexibility index (Phi) is 6.44. The van der Waals surface area contributed by atoms with Crippen molar-refractivity contribution in [2.75, 3.05) is 11.5 Å². The van der Waals surface area contributed by atoms with Crippen molar-refractivity contribution in [2.24, 2.45) is 0 Å². The van der Waals surface area contributed by atoms with Gasteiger partial charge in [-0.1, -0.05) is 49.2 Å². The van der Waals surface area contributed by atoms with Crippen molar-refractivity contribution in [1.82, 2.24) is 9.97 Å². The molecule has 1 aromatic heterocycles. The third-order valence-electron chi connectivity index (χ3n) is 3.19. The van der Waals surface area contributed by atoms with Gasteiger partial charge in [-0.2, -0.15) is 13.4 Å². The second kappa shape index (κ2) is 8.34. The van der Waals surface area contributed by atoms with Gasteiger partial charge < -0.3 is 9.92 Å². The van der Waals surface area contributed by atoms with Gasteiger partial charge in [0.15, 0.2) is 5.16 Å². The van der Waals surface area contributed by atoms with E-state index in [0.717, 1.165) is 30.6 Å². The Bertz CT molecular complexity index is 778. The van der Waals surface area contributed by atoms with Gasteiger partial charge in [0.05, 0.1) is 0 Å². The predicted octanol–water partition coefficient (Wildman–Crippen LogP) is 3.42. The topological polar surface area (TPSA) is 95.2 Å². The molecule has 0 aliphatic carbocycles. The van der Waals surface area contributed by atoms with Gasteiger partial charge in [-0.3, -0.25) is 0 Å². The number of nitrogens with zero attached hydrogens (tertiary/aromatic N) is 2. The number of rotatable bonds is 8. The van der Waals surface area contributed by atoms with Crippen LogP contribution >= 0.6 is 11.8 Å². The number of hydrogen-bond donors (Lipinski definition) is 1. The Morgan fingerprint density at radius 3 is 2.54 bits per heavy atom. The van der Waals surface area contributed by atoms with Crippen molar-refractivity contribution in [1.29, 1.82) is 0 Å². The highest BCUT2D eigenvalue weighted by molar-refractivity contribution is 7.99. The quantitative estimate of drug-likeness (QED) is 0.330. The third-order valence-corrected chi connectivity index (χ3v) is 5.36. The Balaban J connectivity index is 2.13. The monoisotopic (exact) mass is 367 g/mol. The second-order valence-electron chi connectivity index (χ2n) is 5.32. The van der Waals surface area contributed by atoms with Gasteiger partial charge in [0.1, 0.15) is 10.7 Å². The summed E-state index contributed by atoms with van der Waals surface area (Å²) in [5.41, 5.74) is 6.69. The van der Waals surface area contributed by atoms with Gasteiger partial charge in [0, 0.05) is 11.8 Å². The molecule has 6 nitrogen and oxygen atoms in total. The Morgan fingerprint density at radius 2 is 1.88 bits per heavy atom. The van der Waals surface area contributed by atoms with Crippen LogP contribution in [0.5, 0.6) is 5.88 Å². The lowest BCUT2D eigenvalue weighted by molar-refractivity contribution is 0.472. The number of hydrogen-bond acceptors (Lipinski definition) is 7. The van der Waals surface area contributed by atoms with Gasteiger partial charge in [-0.25, -0.2) is 4.98 Å². The summed E-state index contributed by atoms with van der Waals surface area (Å²) >= 11 is 1.44. The summed E-state index contributed by atoms with van der Waals surface area (Å²) in [6.45, 7) is 4.01. The number of benzene rings is 1. The average Bonchev–Trinajstić information content (AvgIpc) is 2.51. The van der Waals surface area contributed by atoms with Gasteiger partial charge in [0.2, 0.25) is 5.88 Å². The van der Waals surface area contributed by atoms with E-state index in [1.54, 1.807) is 12.1 Å². The van der Waals surface area contributed by atoms with Crippen molar-refractivity contribution >= 4 is 27.7 Å². The number of nitrogen functional groups attached to an aromatic ring is 1. The smallest absolute Gasteiger partial charge is 0.340 e. The summed E-state index contributed by atoms with van der Waals surface area (Å²) in [6, 6.07) is 7.71. The second-order valence-corrected chi connectivity index (χ2v) is 7.93. The molecule has 1 heterocycles. The molecule has 0 amide bonds. The fourth-order valence-electron chi connectivity index (χ4n) is 1.91. The number of aryl methyl sites for hydroxylation is 1. The zero-order valence-electron chi connectivity index (χ0n) is 13.7. The molecule has 0 atom stereocenters. The van der Waals surface area contributed by atoms with E-state index in [1.165, 1.54) is 30.0 Å². The van der Waals surface area contributed by atoms with Crippen LogP contribution in [0.3, 0.4) is 0 Å². The van der Waals surface area contributed by atoms with Crippen molar-refractivity contribution in [3.05, 3.63) is 35.9 Å². The van der Waals surface area contributed by atoms with Crippen molar-refractivity contribution in [3.63, 3.8) is 0 Å². The number of aromatic nitrogens is 2. The van der Waals surface area contributed by atoms with Crippen LogP contribution < -0.4 is 9.92 Å². The molecular formula is C16H21N3O3S2. The minimum Gasteiger partial charge on any atom is -0.383 e. The summed E-state index contributed by atoms with van der Waals surface area (Å²) in [6.07, 6.45) is 3.29. The lowest BCUT2D eigenvalue weighted by Gasteiger charge is -2.08. The van der Waals surface area contributed by atoms with Crippen molar-refractivity contribution in [3.8, 4) is 5.88 Å². The van der Waals surface area contributed by atoms with Crippen LogP contribution in [0.4, 0.5) is 5.82 Å². The van der Waals surface area contributed by atoms with Gasteiger partial charge >= 0.3 is 10.1 Å². The predicted molar refractivity (Wildman–Crippen MR) is 95.7 cm³/mol. The van der Waals surface area contributed by atoms with E-state index in [0.29, 0.717) is 5.16 Å². The minimum absolute atomic E-state index is 0.0685. The van der Waals surface area contributed by atoms with E-state index in [4.69, 9.17) is 9.92 Å². The van der Waals surface area contributed by atoms with Crippen molar-refractivity contribution < 1.29 is 12.6 Å². The van der Waals surface area contributed by atoms with E-state index in [9.17, 15) is 8.42 Å². The minimum atomic E-state index is -3.95. The number of anilines is 1. The van der Waals surface area contributed by atoms with Gasteiger partial charge in [0.25, 0.3) is 0 Å². The molecule has 0 aliphatic rings. The van der Waals surface area contributed by atoms with Crippen LogP contribution in [-0.4, -0.2) is 24.1 Å². The Labute approximate surface area is 147 Å². The maximum Gasteiger partial charge on any atom is 0.340 e. The van der Waals surface area contributed by atoms with Crippen LogP contribution in [0.1, 0.15) is 31.7 Å². The zero-order valence-corrected chi connectivity index (χ0v) is 15.4. The molecule has 0 aliphatic heterocycles. The number of thioether (sulfide) groups is 1. The largest absolute Gasteiger partial charge is 0.383 e. The summed E-state index contributed by atoms with van der Waals surface area (Å²) in [4.78, 5) is 8.30. The molecule has 130 valence electrons. The molecule has 0 saturated carbocycles. The first-order valence-corrected chi connectivity index (χ1v) is 10.1. The Hall–Kier alpha value is -1.80. The molecule has 8 heteroatoms. The average molecular weight is 367 g/mol.